The molecule has 3 aliphatic rings. The maximum atomic E-state index is 11.9. The Labute approximate surface area is 120 Å². The standard InChI is InChI=1S/C15H14O4S/c16-14(17)10-9-6-8-11(10)15(18)19-12(8)13(9)20-7-4-2-1-3-5-7/h1-5,8-13H,6H2,(H,16,17)/t8-,9+,10+,11-,12-,13+/m0/s1. The van der Waals surface area contributed by atoms with E-state index < -0.39 is 17.8 Å². The molecule has 0 aromatic heterocycles. The molecule has 20 heavy (non-hydrogen) atoms. The molecule has 6 atom stereocenters. The highest BCUT2D eigenvalue weighted by molar-refractivity contribution is 8.00. The summed E-state index contributed by atoms with van der Waals surface area (Å²) in [4.78, 5) is 24.5. The minimum atomic E-state index is -0.849. The van der Waals surface area contributed by atoms with Crippen LogP contribution in [0, 0.1) is 23.7 Å². The SMILES string of the molecule is O=C(O)[C@@H]1[C@H]2C[C@@H]3[C@H](OC(=O)[C@@H]31)[C@@H]2Sc1ccccc1. The average Bonchev–Trinajstić information content (AvgIpc) is 3.03. The molecule has 0 spiro atoms. The number of benzene rings is 1. The summed E-state index contributed by atoms with van der Waals surface area (Å²) in [5.41, 5.74) is 0. The molecule has 5 heteroatoms. The number of hydrogen-bond acceptors (Lipinski definition) is 4. The van der Waals surface area contributed by atoms with Gasteiger partial charge in [0.15, 0.2) is 0 Å². The van der Waals surface area contributed by atoms with E-state index in [0.29, 0.717) is 0 Å². The monoisotopic (exact) mass is 290 g/mol. The minimum Gasteiger partial charge on any atom is -0.481 e. The second kappa shape index (κ2) is 4.25. The quantitative estimate of drug-likeness (QED) is 0.863. The van der Waals surface area contributed by atoms with E-state index in [1.807, 2.05) is 30.3 Å². The molecule has 1 aromatic rings. The van der Waals surface area contributed by atoms with E-state index in [9.17, 15) is 14.7 Å². The zero-order valence-corrected chi connectivity index (χ0v) is 11.5. The lowest BCUT2D eigenvalue weighted by molar-refractivity contribution is -0.151. The highest BCUT2D eigenvalue weighted by Gasteiger charge is 2.68. The molecule has 1 saturated heterocycles. The van der Waals surface area contributed by atoms with E-state index >= 15 is 0 Å². The number of ether oxygens (including phenoxy) is 1. The Kier molecular flexibility index (Phi) is 2.61. The molecule has 0 radical (unpaired) electrons. The van der Waals surface area contributed by atoms with Crippen LogP contribution in [0.1, 0.15) is 6.42 Å². The molecule has 3 fully saturated rings. The Morgan fingerprint density at radius 2 is 2.00 bits per heavy atom. The largest absolute Gasteiger partial charge is 0.481 e. The van der Waals surface area contributed by atoms with Gasteiger partial charge in [0, 0.05) is 10.8 Å². The molecule has 1 heterocycles. The predicted molar refractivity (Wildman–Crippen MR) is 72.2 cm³/mol. The number of carbonyl (C=O) groups excluding carboxylic acids is 1. The number of fused-ring (bicyclic) bond motifs is 1. The molecule has 1 aliphatic heterocycles. The van der Waals surface area contributed by atoms with Crippen LogP contribution < -0.4 is 0 Å². The maximum absolute atomic E-state index is 11.9. The third-order valence-corrected chi connectivity index (χ3v) is 6.28. The van der Waals surface area contributed by atoms with Crippen molar-refractivity contribution in [3.05, 3.63) is 30.3 Å². The van der Waals surface area contributed by atoms with E-state index in [1.165, 1.54) is 0 Å². The van der Waals surface area contributed by atoms with Crippen molar-refractivity contribution in [1.82, 2.24) is 0 Å². The molecule has 2 bridgehead atoms. The summed E-state index contributed by atoms with van der Waals surface area (Å²) in [5.74, 6) is -1.97. The molecule has 4 rings (SSSR count). The zero-order valence-electron chi connectivity index (χ0n) is 10.6. The molecular weight excluding hydrogens is 276 g/mol. The number of carboxylic acids is 1. The minimum absolute atomic E-state index is 0.0455. The van der Waals surface area contributed by atoms with Crippen LogP contribution >= 0.6 is 11.8 Å². The molecule has 104 valence electrons. The van der Waals surface area contributed by atoms with Crippen LogP contribution in [0.15, 0.2) is 35.2 Å². The summed E-state index contributed by atoms with van der Waals surface area (Å²) in [7, 11) is 0. The van der Waals surface area contributed by atoms with Crippen molar-refractivity contribution < 1.29 is 19.4 Å². The van der Waals surface area contributed by atoms with Gasteiger partial charge in [0.2, 0.25) is 0 Å². The van der Waals surface area contributed by atoms with Crippen molar-refractivity contribution in [3.8, 4) is 0 Å². The van der Waals surface area contributed by atoms with Gasteiger partial charge in [0.25, 0.3) is 0 Å². The molecular formula is C15H14O4S. The fourth-order valence-corrected chi connectivity index (χ4v) is 5.62. The molecule has 2 saturated carbocycles. The number of thioether (sulfide) groups is 1. The number of aliphatic carboxylic acids is 1. The van der Waals surface area contributed by atoms with E-state index in [1.54, 1.807) is 11.8 Å². The number of esters is 1. The first-order valence-electron chi connectivity index (χ1n) is 6.82. The topological polar surface area (TPSA) is 63.6 Å². The second-order valence-electron chi connectivity index (χ2n) is 5.75. The Balaban J connectivity index is 1.66. The number of carboxylic acid groups (broad SMARTS) is 1. The predicted octanol–water partition coefficient (Wildman–Crippen LogP) is 2.04. The highest BCUT2D eigenvalue weighted by atomic mass is 32.2. The van der Waals surface area contributed by atoms with Gasteiger partial charge < -0.3 is 9.84 Å². The van der Waals surface area contributed by atoms with Gasteiger partial charge in [0.05, 0.1) is 17.1 Å². The summed E-state index contributed by atoms with van der Waals surface area (Å²) >= 11 is 1.66. The van der Waals surface area contributed by atoms with Crippen LogP contribution in [0.25, 0.3) is 0 Å². The summed E-state index contributed by atoms with van der Waals surface area (Å²) in [6.07, 6.45) is 0.709. The summed E-state index contributed by atoms with van der Waals surface area (Å²) in [6, 6.07) is 9.92. The van der Waals surface area contributed by atoms with Crippen molar-refractivity contribution in [2.45, 2.75) is 22.7 Å². The molecule has 4 nitrogen and oxygen atoms in total. The van der Waals surface area contributed by atoms with Crippen LogP contribution in [0.4, 0.5) is 0 Å². The van der Waals surface area contributed by atoms with Crippen LogP contribution in [0.2, 0.25) is 0 Å². The van der Waals surface area contributed by atoms with Crippen LogP contribution in [0.5, 0.6) is 0 Å². The molecule has 2 aliphatic carbocycles. The van der Waals surface area contributed by atoms with Gasteiger partial charge in [-0.1, -0.05) is 18.2 Å². The van der Waals surface area contributed by atoms with Gasteiger partial charge in [-0.05, 0) is 24.5 Å². The van der Waals surface area contributed by atoms with Crippen molar-refractivity contribution in [3.63, 3.8) is 0 Å². The fourth-order valence-electron chi connectivity index (χ4n) is 4.14. The lowest BCUT2D eigenvalue weighted by atomic mass is 9.80. The van der Waals surface area contributed by atoms with Gasteiger partial charge in [-0.3, -0.25) is 9.59 Å². The average molecular weight is 290 g/mol. The first-order chi connectivity index (χ1) is 9.66. The zero-order chi connectivity index (χ0) is 13.9. The third kappa shape index (κ3) is 1.56. The van der Waals surface area contributed by atoms with Crippen LogP contribution in [-0.2, 0) is 14.3 Å². The smallest absolute Gasteiger partial charge is 0.310 e. The van der Waals surface area contributed by atoms with Gasteiger partial charge >= 0.3 is 11.9 Å². The second-order valence-corrected chi connectivity index (χ2v) is 7.00. The molecule has 0 unspecified atom stereocenters. The lowest BCUT2D eigenvalue weighted by Crippen LogP contribution is -2.39. The fraction of sp³-hybridized carbons (Fsp3) is 0.467. The Bertz CT molecular complexity index is 572. The lowest BCUT2D eigenvalue weighted by Gasteiger charge is -2.29. The van der Waals surface area contributed by atoms with E-state index in [0.717, 1.165) is 11.3 Å². The molecule has 1 N–H and O–H groups in total. The first kappa shape index (κ1) is 12.3. The maximum Gasteiger partial charge on any atom is 0.310 e. The van der Waals surface area contributed by atoms with E-state index in [4.69, 9.17) is 4.74 Å². The summed E-state index contributed by atoms with van der Waals surface area (Å²) < 4.78 is 5.48. The number of carbonyl (C=O) groups is 2. The van der Waals surface area contributed by atoms with Crippen molar-refractivity contribution in [2.24, 2.45) is 23.7 Å². The van der Waals surface area contributed by atoms with Gasteiger partial charge in [0.1, 0.15) is 6.10 Å². The van der Waals surface area contributed by atoms with Crippen molar-refractivity contribution in [1.29, 1.82) is 0 Å². The van der Waals surface area contributed by atoms with Gasteiger partial charge in [-0.2, -0.15) is 0 Å². The summed E-state index contributed by atoms with van der Waals surface area (Å²) in [5, 5.41) is 9.52. The van der Waals surface area contributed by atoms with Crippen LogP contribution in [0.3, 0.4) is 0 Å². The molecule has 1 aromatic carbocycles. The third-order valence-electron chi connectivity index (χ3n) is 4.85. The summed E-state index contributed by atoms with van der Waals surface area (Å²) in [6.45, 7) is 0. The van der Waals surface area contributed by atoms with Crippen molar-refractivity contribution in [2.75, 3.05) is 0 Å². The Morgan fingerprint density at radius 3 is 2.70 bits per heavy atom. The van der Waals surface area contributed by atoms with Crippen molar-refractivity contribution >= 4 is 23.7 Å². The number of rotatable bonds is 3. The first-order valence-corrected chi connectivity index (χ1v) is 7.70. The number of hydrogen-bond donors (Lipinski definition) is 1. The van der Waals surface area contributed by atoms with Gasteiger partial charge in [-0.25, -0.2) is 0 Å². The van der Waals surface area contributed by atoms with Gasteiger partial charge in [-0.15, -0.1) is 11.8 Å². The molecule has 0 amide bonds. The van der Waals surface area contributed by atoms with E-state index in [2.05, 4.69) is 0 Å². The Hall–Kier alpha value is -1.49. The Morgan fingerprint density at radius 1 is 1.25 bits per heavy atom. The normalized spacial score (nSPS) is 40.9. The van der Waals surface area contributed by atoms with Crippen LogP contribution in [-0.4, -0.2) is 28.4 Å². The highest BCUT2D eigenvalue weighted by Crippen LogP contribution is 2.61. The van der Waals surface area contributed by atoms with E-state index in [-0.39, 0.29) is 29.2 Å².